The van der Waals surface area contributed by atoms with Crippen LogP contribution >= 0.6 is 0 Å². The number of para-hydroxylation sites is 1. The number of hydrogen-bond donors (Lipinski definition) is 0. The lowest BCUT2D eigenvalue weighted by molar-refractivity contribution is -0.274. The minimum absolute atomic E-state index is 0.0783. The number of likely N-dealkylation sites (tertiary alicyclic amines) is 1. The molecule has 1 atom stereocenters. The van der Waals surface area contributed by atoms with Crippen molar-refractivity contribution in [3.05, 3.63) is 47.8 Å². The van der Waals surface area contributed by atoms with Gasteiger partial charge < -0.3 is 9.64 Å². The maximum absolute atomic E-state index is 12.7. The monoisotopic (exact) mass is 353 g/mol. The van der Waals surface area contributed by atoms with Crippen LogP contribution < -0.4 is 4.74 Å². The molecule has 3 rings (SSSR count). The van der Waals surface area contributed by atoms with Crippen LogP contribution in [0.15, 0.2) is 36.5 Å². The van der Waals surface area contributed by atoms with Crippen molar-refractivity contribution in [2.45, 2.75) is 25.1 Å². The van der Waals surface area contributed by atoms with Gasteiger partial charge in [0.2, 0.25) is 0 Å². The normalized spacial score (nSPS) is 18.2. The Kier molecular flexibility index (Phi) is 4.69. The van der Waals surface area contributed by atoms with Crippen molar-refractivity contribution < 1.29 is 22.7 Å². The summed E-state index contributed by atoms with van der Waals surface area (Å²) in [6, 6.07) is 7.34. The van der Waals surface area contributed by atoms with Crippen LogP contribution in [0.4, 0.5) is 13.2 Å². The molecule has 5 nitrogen and oxygen atoms in total. The molecule has 1 aromatic carbocycles. The predicted molar refractivity (Wildman–Crippen MR) is 84.2 cm³/mol. The second-order valence-corrected chi connectivity index (χ2v) is 6.05. The molecule has 1 fully saturated rings. The van der Waals surface area contributed by atoms with Crippen molar-refractivity contribution >= 4 is 5.91 Å². The number of nitrogens with zero attached hydrogens (tertiary/aromatic N) is 3. The van der Waals surface area contributed by atoms with E-state index in [0.717, 1.165) is 24.6 Å². The molecule has 0 bridgehead atoms. The van der Waals surface area contributed by atoms with Crippen molar-refractivity contribution in [2.75, 3.05) is 13.1 Å². The van der Waals surface area contributed by atoms with Gasteiger partial charge in [-0.25, -0.2) is 0 Å². The van der Waals surface area contributed by atoms with E-state index in [1.54, 1.807) is 9.58 Å². The summed E-state index contributed by atoms with van der Waals surface area (Å²) in [6.07, 6.45) is -1.34. The van der Waals surface area contributed by atoms with Crippen LogP contribution in [0.25, 0.3) is 0 Å². The van der Waals surface area contributed by atoms with Gasteiger partial charge in [-0.1, -0.05) is 12.1 Å². The zero-order valence-electron chi connectivity index (χ0n) is 13.7. The van der Waals surface area contributed by atoms with E-state index >= 15 is 0 Å². The second-order valence-electron chi connectivity index (χ2n) is 6.05. The number of halogens is 3. The zero-order chi connectivity index (χ0) is 18.0. The zero-order valence-corrected chi connectivity index (χ0v) is 13.7. The Labute approximate surface area is 143 Å². The van der Waals surface area contributed by atoms with Crippen molar-refractivity contribution in [1.29, 1.82) is 0 Å². The molecular formula is C17H18F3N3O2. The third kappa shape index (κ3) is 4.12. The summed E-state index contributed by atoms with van der Waals surface area (Å²) in [5.74, 6) is -0.852. The number of carbonyl (C=O) groups excluding carboxylic acids is 1. The number of benzene rings is 1. The van der Waals surface area contributed by atoms with E-state index in [1.165, 1.54) is 18.2 Å². The topological polar surface area (TPSA) is 47.4 Å². The summed E-state index contributed by atoms with van der Waals surface area (Å²) in [7, 11) is 1.82. The van der Waals surface area contributed by atoms with Gasteiger partial charge in [-0.3, -0.25) is 9.48 Å². The highest BCUT2D eigenvalue weighted by atomic mass is 19.4. The number of hydrogen-bond acceptors (Lipinski definition) is 3. The Morgan fingerprint density at radius 2 is 2.04 bits per heavy atom. The lowest BCUT2D eigenvalue weighted by atomic mass is 9.94. The maximum atomic E-state index is 12.7. The number of carbonyl (C=O) groups is 1. The van der Waals surface area contributed by atoms with Gasteiger partial charge in [-0.15, -0.1) is 13.2 Å². The van der Waals surface area contributed by atoms with Crippen LogP contribution in [-0.2, 0) is 7.05 Å². The highest BCUT2D eigenvalue weighted by molar-refractivity contribution is 5.97. The molecule has 1 aromatic heterocycles. The summed E-state index contributed by atoms with van der Waals surface area (Å²) in [5, 5.41) is 4.37. The molecule has 1 amide bonds. The van der Waals surface area contributed by atoms with Gasteiger partial charge in [0.05, 0.1) is 11.3 Å². The number of aryl methyl sites for hydroxylation is 1. The SMILES string of the molecule is Cn1ccc([C@@H]2CCCN(C(=O)c3ccccc3OC(F)(F)F)C2)n1. The number of aromatic nitrogens is 2. The highest BCUT2D eigenvalue weighted by Gasteiger charge is 2.34. The highest BCUT2D eigenvalue weighted by Crippen LogP contribution is 2.30. The van der Waals surface area contributed by atoms with E-state index in [1.807, 2.05) is 19.3 Å². The maximum Gasteiger partial charge on any atom is 0.573 e. The largest absolute Gasteiger partial charge is 0.573 e. The molecule has 1 aliphatic rings. The molecule has 0 unspecified atom stereocenters. The van der Waals surface area contributed by atoms with Crippen molar-refractivity contribution in [3.63, 3.8) is 0 Å². The lowest BCUT2D eigenvalue weighted by Gasteiger charge is -2.32. The molecule has 25 heavy (non-hydrogen) atoms. The first-order chi connectivity index (χ1) is 11.8. The first-order valence-electron chi connectivity index (χ1n) is 7.97. The predicted octanol–water partition coefficient (Wildman–Crippen LogP) is 3.34. The molecule has 0 saturated carbocycles. The van der Waals surface area contributed by atoms with E-state index < -0.39 is 18.0 Å². The fraction of sp³-hybridized carbons (Fsp3) is 0.412. The smallest absolute Gasteiger partial charge is 0.405 e. The molecule has 0 N–H and O–H groups in total. The molecule has 0 spiro atoms. The van der Waals surface area contributed by atoms with Gasteiger partial charge in [0.1, 0.15) is 5.75 Å². The number of rotatable bonds is 3. The average molecular weight is 353 g/mol. The van der Waals surface area contributed by atoms with E-state index in [4.69, 9.17) is 0 Å². The Hall–Kier alpha value is -2.51. The Bertz CT molecular complexity index is 758. The van der Waals surface area contributed by atoms with E-state index in [9.17, 15) is 18.0 Å². The van der Waals surface area contributed by atoms with Crippen LogP contribution in [0, 0.1) is 0 Å². The third-order valence-electron chi connectivity index (χ3n) is 4.20. The molecule has 1 saturated heterocycles. The first-order valence-corrected chi connectivity index (χ1v) is 7.97. The molecular weight excluding hydrogens is 335 g/mol. The summed E-state index contributed by atoms with van der Waals surface area (Å²) >= 11 is 0. The van der Waals surface area contributed by atoms with Crippen LogP contribution in [0.1, 0.15) is 34.8 Å². The Morgan fingerprint density at radius 3 is 2.72 bits per heavy atom. The number of piperidine rings is 1. The van der Waals surface area contributed by atoms with Gasteiger partial charge in [0, 0.05) is 32.3 Å². The van der Waals surface area contributed by atoms with Crippen molar-refractivity contribution in [2.24, 2.45) is 7.05 Å². The average Bonchev–Trinajstić information content (AvgIpc) is 3.00. The Morgan fingerprint density at radius 1 is 1.28 bits per heavy atom. The molecule has 2 aromatic rings. The fourth-order valence-corrected chi connectivity index (χ4v) is 3.08. The quantitative estimate of drug-likeness (QED) is 0.850. The molecule has 2 heterocycles. The lowest BCUT2D eigenvalue weighted by Crippen LogP contribution is -2.39. The van der Waals surface area contributed by atoms with Gasteiger partial charge in [-0.05, 0) is 31.0 Å². The van der Waals surface area contributed by atoms with Gasteiger partial charge in [0.15, 0.2) is 0 Å². The fourth-order valence-electron chi connectivity index (χ4n) is 3.08. The minimum atomic E-state index is -4.84. The molecule has 8 heteroatoms. The van der Waals surface area contributed by atoms with Crippen molar-refractivity contribution in [1.82, 2.24) is 14.7 Å². The molecule has 0 radical (unpaired) electrons. The van der Waals surface area contributed by atoms with E-state index in [2.05, 4.69) is 9.84 Å². The molecule has 0 aliphatic carbocycles. The summed E-state index contributed by atoms with van der Waals surface area (Å²) in [6.45, 7) is 0.929. The van der Waals surface area contributed by atoms with Crippen LogP contribution in [0.5, 0.6) is 5.75 Å². The standard InChI is InChI=1S/C17H18F3N3O2/c1-22-10-8-14(21-22)12-5-4-9-23(11-12)16(24)13-6-2-3-7-15(13)25-17(18,19)20/h2-3,6-8,10,12H,4-5,9,11H2,1H3/t12-/m1/s1. The molecule has 134 valence electrons. The third-order valence-corrected chi connectivity index (χ3v) is 4.20. The number of amides is 1. The van der Waals surface area contributed by atoms with E-state index in [-0.39, 0.29) is 11.5 Å². The number of alkyl halides is 3. The van der Waals surface area contributed by atoms with Gasteiger partial charge in [0.25, 0.3) is 5.91 Å². The number of ether oxygens (including phenoxy) is 1. The van der Waals surface area contributed by atoms with E-state index in [0.29, 0.717) is 13.1 Å². The first kappa shape index (κ1) is 17.3. The van der Waals surface area contributed by atoms with Crippen LogP contribution in [0.3, 0.4) is 0 Å². The van der Waals surface area contributed by atoms with Crippen LogP contribution in [0.2, 0.25) is 0 Å². The summed E-state index contributed by atoms with van der Waals surface area (Å²) in [5.41, 5.74) is 0.807. The summed E-state index contributed by atoms with van der Waals surface area (Å²) in [4.78, 5) is 14.3. The van der Waals surface area contributed by atoms with Gasteiger partial charge >= 0.3 is 6.36 Å². The minimum Gasteiger partial charge on any atom is -0.405 e. The van der Waals surface area contributed by atoms with Crippen LogP contribution in [-0.4, -0.2) is 40.0 Å². The van der Waals surface area contributed by atoms with Gasteiger partial charge in [-0.2, -0.15) is 5.10 Å². The Balaban J connectivity index is 1.79. The molecule has 1 aliphatic heterocycles. The second kappa shape index (κ2) is 6.78. The van der Waals surface area contributed by atoms with Crippen molar-refractivity contribution in [3.8, 4) is 5.75 Å². The summed E-state index contributed by atoms with van der Waals surface area (Å²) < 4.78 is 43.4.